The summed E-state index contributed by atoms with van der Waals surface area (Å²) in [6, 6.07) is 9.69. The molecule has 1 N–H and O–H groups in total. The Hall–Kier alpha value is -3.19. The van der Waals surface area contributed by atoms with Gasteiger partial charge in [0, 0.05) is 31.1 Å². The fourth-order valence-electron chi connectivity index (χ4n) is 3.69. The van der Waals surface area contributed by atoms with Gasteiger partial charge >= 0.3 is 0 Å². The maximum absolute atomic E-state index is 13.0. The van der Waals surface area contributed by atoms with E-state index in [1.165, 1.54) is 4.90 Å². The third kappa shape index (κ3) is 5.34. The molecule has 1 aliphatic rings. The Labute approximate surface area is 188 Å². The van der Waals surface area contributed by atoms with E-state index >= 15 is 0 Å². The molecule has 3 rings (SSSR count). The van der Waals surface area contributed by atoms with Crippen LogP contribution >= 0.6 is 0 Å². The molecule has 32 heavy (non-hydrogen) atoms. The van der Waals surface area contributed by atoms with Gasteiger partial charge in [-0.15, -0.1) is 0 Å². The normalized spacial score (nSPS) is 18.1. The molecule has 0 aliphatic carbocycles. The fourth-order valence-corrected chi connectivity index (χ4v) is 3.69. The van der Waals surface area contributed by atoms with Crippen molar-refractivity contribution in [1.29, 1.82) is 0 Å². The van der Waals surface area contributed by atoms with Crippen molar-refractivity contribution in [2.24, 2.45) is 0 Å². The summed E-state index contributed by atoms with van der Waals surface area (Å²) in [5.74, 6) is -1.01. The molecule has 2 heterocycles. The molecule has 7 nitrogen and oxygen atoms in total. The molecule has 0 bridgehead atoms. The van der Waals surface area contributed by atoms with E-state index in [4.69, 9.17) is 9.47 Å². The number of likely N-dealkylation sites (tertiary alicyclic amines) is 1. The minimum absolute atomic E-state index is 0.0403. The summed E-state index contributed by atoms with van der Waals surface area (Å²) in [4.78, 5) is 31.6. The van der Waals surface area contributed by atoms with Crippen LogP contribution in [-0.4, -0.2) is 52.0 Å². The minimum atomic E-state index is -0.725. The van der Waals surface area contributed by atoms with Crippen molar-refractivity contribution in [2.75, 3.05) is 13.2 Å². The number of carbonyl (C=O) groups is 2. The molecule has 2 aromatic rings. The van der Waals surface area contributed by atoms with Crippen LogP contribution in [0.2, 0.25) is 0 Å². The number of amides is 1. The van der Waals surface area contributed by atoms with Crippen molar-refractivity contribution in [2.45, 2.75) is 52.4 Å². The minimum Gasteiger partial charge on any atom is -0.507 e. The van der Waals surface area contributed by atoms with Crippen molar-refractivity contribution in [3.63, 3.8) is 0 Å². The van der Waals surface area contributed by atoms with Crippen molar-refractivity contribution in [1.82, 2.24) is 9.88 Å². The number of nitrogens with zero attached hydrogens (tertiary/aromatic N) is 2. The van der Waals surface area contributed by atoms with Gasteiger partial charge in [0.1, 0.15) is 11.5 Å². The van der Waals surface area contributed by atoms with Crippen LogP contribution in [0.4, 0.5) is 0 Å². The molecule has 1 fully saturated rings. The number of Topliss-reactive ketones (excluding diaryl/α,β-unsaturated/α-hetero) is 1. The van der Waals surface area contributed by atoms with Crippen LogP contribution in [0.15, 0.2) is 54.4 Å². The topological polar surface area (TPSA) is 89.0 Å². The maximum Gasteiger partial charge on any atom is 0.295 e. The summed E-state index contributed by atoms with van der Waals surface area (Å²) in [5, 5.41) is 11.1. The van der Waals surface area contributed by atoms with E-state index < -0.39 is 17.7 Å². The molecule has 7 heteroatoms. The van der Waals surface area contributed by atoms with E-state index in [1.54, 1.807) is 48.8 Å². The maximum atomic E-state index is 13.0. The van der Waals surface area contributed by atoms with Crippen LogP contribution in [-0.2, 0) is 14.3 Å². The Bertz CT molecular complexity index is 985. The number of aliphatic hydroxyl groups excluding tert-OH is 1. The highest BCUT2D eigenvalue weighted by molar-refractivity contribution is 6.46. The van der Waals surface area contributed by atoms with E-state index in [0.29, 0.717) is 36.4 Å². The van der Waals surface area contributed by atoms with Gasteiger partial charge in [0.05, 0.1) is 23.8 Å². The smallest absolute Gasteiger partial charge is 0.295 e. The van der Waals surface area contributed by atoms with Crippen molar-refractivity contribution in [3.05, 3.63) is 65.5 Å². The molecule has 1 aromatic carbocycles. The summed E-state index contributed by atoms with van der Waals surface area (Å²) >= 11 is 0. The Balaban J connectivity index is 2.00. The van der Waals surface area contributed by atoms with Crippen molar-refractivity contribution >= 4 is 17.4 Å². The van der Waals surface area contributed by atoms with Crippen LogP contribution < -0.4 is 4.74 Å². The lowest BCUT2D eigenvalue weighted by Gasteiger charge is -2.25. The number of carbonyl (C=O) groups excluding carboxylic acids is 2. The number of hydrogen-bond acceptors (Lipinski definition) is 6. The molecule has 1 saturated heterocycles. The third-order valence-electron chi connectivity index (χ3n) is 5.01. The summed E-state index contributed by atoms with van der Waals surface area (Å²) in [7, 11) is 0. The van der Waals surface area contributed by atoms with Crippen LogP contribution in [0.5, 0.6) is 5.75 Å². The molecular formula is C25H30N2O5. The average molecular weight is 439 g/mol. The number of benzene rings is 1. The Morgan fingerprint density at radius 1 is 1.12 bits per heavy atom. The molecule has 1 atom stereocenters. The standard InChI is InChI=1S/C25H30N2O5/c1-16(2)31-13-7-12-27-22(19-9-6-11-26-15-19)21(24(29)25(27)30)23(28)18-8-5-10-20(14-18)32-17(3)4/h5-6,8-11,14-17,22,28H,7,12-13H2,1-4H3/b23-21-. The van der Waals surface area contributed by atoms with Crippen molar-refractivity contribution < 1.29 is 24.2 Å². The lowest BCUT2D eigenvalue weighted by molar-refractivity contribution is -0.140. The quantitative estimate of drug-likeness (QED) is 0.274. The monoisotopic (exact) mass is 438 g/mol. The summed E-state index contributed by atoms with van der Waals surface area (Å²) < 4.78 is 11.3. The molecule has 1 aromatic heterocycles. The Morgan fingerprint density at radius 3 is 2.56 bits per heavy atom. The van der Waals surface area contributed by atoms with Gasteiger partial charge in [-0.25, -0.2) is 0 Å². The average Bonchev–Trinajstić information content (AvgIpc) is 3.01. The van der Waals surface area contributed by atoms with Crippen molar-refractivity contribution in [3.8, 4) is 5.75 Å². The fraction of sp³-hybridized carbons (Fsp3) is 0.400. The first-order valence-corrected chi connectivity index (χ1v) is 10.9. The van der Waals surface area contributed by atoms with Gasteiger partial charge in [-0.05, 0) is 57.9 Å². The number of aliphatic hydroxyl groups is 1. The van der Waals surface area contributed by atoms with Gasteiger partial charge in [-0.3, -0.25) is 14.6 Å². The van der Waals surface area contributed by atoms with Gasteiger partial charge in [0.2, 0.25) is 0 Å². The number of ether oxygens (including phenoxy) is 2. The second kappa shape index (κ2) is 10.4. The van der Waals surface area contributed by atoms with Crippen LogP contribution in [0, 0.1) is 0 Å². The largest absolute Gasteiger partial charge is 0.507 e. The first-order valence-electron chi connectivity index (χ1n) is 10.9. The second-order valence-electron chi connectivity index (χ2n) is 8.25. The molecule has 1 amide bonds. The van der Waals surface area contributed by atoms with Crippen LogP contribution in [0.25, 0.3) is 5.76 Å². The molecule has 1 unspecified atom stereocenters. The zero-order valence-corrected chi connectivity index (χ0v) is 18.9. The highest BCUT2D eigenvalue weighted by Gasteiger charge is 2.45. The van der Waals surface area contributed by atoms with Gasteiger partial charge in [0.15, 0.2) is 0 Å². The molecule has 1 aliphatic heterocycles. The zero-order valence-electron chi connectivity index (χ0n) is 18.9. The molecule has 0 radical (unpaired) electrons. The molecule has 0 spiro atoms. The first-order chi connectivity index (χ1) is 15.3. The van der Waals surface area contributed by atoms with E-state index in [9.17, 15) is 14.7 Å². The highest BCUT2D eigenvalue weighted by Crippen LogP contribution is 2.39. The first kappa shape index (κ1) is 23.5. The summed E-state index contributed by atoms with van der Waals surface area (Å²) in [6.45, 7) is 8.49. The molecular weight excluding hydrogens is 408 g/mol. The van der Waals surface area contributed by atoms with Crippen LogP contribution in [0.1, 0.15) is 51.3 Å². The predicted octanol–water partition coefficient (Wildman–Crippen LogP) is 4.11. The van der Waals surface area contributed by atoms with Gasteiger partial charge in [0.25, 0.3) is 11.7 Å². The lowest BCUT2D eigenvalue weighted by Crippen LogP contribution is -2.31. The summed E-state index contributed by atoms with van der Waals surface area (Å²) in [6.07, 6.45) is 3.85. The van der Waals surface area contributed by atoms with E-state index in [-0.39, 0.29) is 23.5 Å². The van der Waals surface area contributed by atoms with Gasteiger partial charge < -0.3 is 19.5 Å². The number of rotatable bonds is 9. The Kier molecular flexibility index (Phi) is 7.64. The predicted molar refractivity (Wildman–Crippen MR) is 121 cm³/mol. The highest BCUT2D eigenvalue weighted by atomic mass is 16.5. The summed E-state index contributed by atoms with van der Waals surface area (Å²) in [5.41, 5.74) is 1.13. The lowest BCUT2D eigenvalue weighted by atomic mass is 9.96. The van der Waals surface area contributed by atoms with E-state index in [2.05, 4.69) is 4.98 Å². The van der Waals surface area contributed by atoms with E-state index in [0.717, 1.165) is 0 Å². The number of aromatic nitrogens is 1. The zero-order chi connectivity index (χ0) is 23.3. The number of pyridine rings is 1. The SMILES string of the molecule is CC(C)OCCCN1C(=O)C(=O)/C(=C(\O)c2cccc(OC(C)C)c2)C1c1cccnc1. The van der Waals surface area contributed by atoms with Gasteiger partial charge in [-0.1, -0.05) is 18.2 Å². The Morgan fingerprint density at radius 2 is 1.91 bits per heavy atom. The van der Waals surface area contributed by atoms with Gasteiger partial charge in [-0.2, -0.15) is 0 Å². The van der Waals surface area contributed by atoms with Crippen LogP contribution in [0.3, 0.4) is 0 Å². The number of ketones is 1. The second-order valence-corrected chi connectivity index (χ2v) is 8.25. The molecule has 170 valence electrons. The van der Waals surface area contributed by atoms with E-state index in [1.807, 2.05) is 27.7 Å². The third-order valence-corrected chi connectivity index (χ3v) is 5.01. The number of hydrogen-bond donors (Lipinski definition) is 1. The molecule has 0 saturated carbocycles.